The Hall–Kier alpha value is -0.900. The van der Waals surface area contributed by atoms with Crippen LogP contribution in [0.4, 0.5) is 0 Å². The zero-order valence-corrected chi connectivity index (χ0v) is 9.10. The third-order valence-electron chi connectivity index (χ3n) is 4.11. The van der Waals surface area contributed by atoms with Crippen LogP contribution in [0.25, 0.3) is 0 Å². The lowest BCUT2D eigenvalue weighted by Crippen LogP contribution is -2.38. The number of nitrogens with zero attached hydrogens (tertiary/aromatic N) is 4. The van der Waals surface area contributed by atoms with E-state index in [-0.39, 0.29) is 0 Å². The average molecular weight is 206 g/mol. The normalized spacial score (nSPS) is 24.5. The molecule has 0 aliphatic carbocycles. The molecule has 4 heteroatoms. The summed E-state index contributed by atoms with van der Waals surface area (Å²) in [6.07, 6.45) is 10.5. The minimum Gasteiger partial charge on any atom is -0.320 e. The van der Waals surface area contributed by atoms with Crippen molar-refractivity contribution < 1.29 is 0 Å². The molecule has 2 fully saturated rings. The van der Waals surface area contributed by atoms with Crippen LogP contribution in [0.3, 0.4) is 0 Å². The van der Waals surface area contributed by atoms with E-state index in [4.69, 9.17) is 0 Å². The molecule has 2 saturated heterocycles. The summed E-state index contributed by atoms with van der Waals surface area (Å²) < 4.78 is 2.10. The summed E-state index contributed by atoms with van der Waals surface area (Å²) in [6, 6.07) is 0. The standard InChI is InChI=1S/C11H18N4/c1-3-11(4-2-7-15(11)6-1)5-8-14-9-12-13-10-14/h9-10H,1-8H2. The highest BCUT2D eigenvalue weighted by Gasteiger charge is 2.43. The Kier molecular flexibility index (Phi) is 2.24. The van der Waals surface area contributed by atoms with Crippen LogP contribution in [-0.4, -0.2) is 38.3 Å². The Morgan fingerprint density at radius 3 is 2.40 bits per heavy atom. The minimum absolute atomic E-state index is 0.532. The molecule has 15 heavy (non-hydrogen) atoms. The maximum Gasteiger partial charge on any atom is 0.119 e. The lowest BCUT2D eigenvalue weighted by Gasteiger charge is -2.32. The molecule has 1 aromatic heterocycles. The fraction of sp³-hybridized carbons (Fsp3) is 0.818. The summed E-state index contributed by atoms with van der Waals surface area (Å²) in [4.78, 5) is 2.71. The third-order valence-corrected chi connectivity index (χ3v) is 4.11. The summed E-state index contributed by atoms with van der Waals surface area (Å²) in [7, 11) is 0. The van der Waals surface area contributed by atoms with Crippen molar-refractivity contribution in [2.45, 2.75) is 44.2 Å². The number of fused-ring (bicyclic) bond motifs is 1. The van der Waals surface area contributed by atoms with Gasteiger partial charge in [-0.2, -0.15) is 0 Å². The second kappa shape index (κ2) is 3.59. The molecule has 0 spiro atoms. The van der Waals surface area contributed by atoms with Gasteiger partial charge in [-0.05, 0) is 45.2 Å². The van der Waals surface area contributed by atoms with E-state index in [1.807, 2.05) is 12.7 Å². The average Bonchev–Trinajstić information content (AvgIpc) is 2.91. The van der Waals surface area contributed by atoms with Gasteiger partial charge < -0.3 is 4.57 Å². The second-order valence-electron chi connectivity index (χ2n) is 4.87. The van der Waals surface area contributed by atoms with Gasteiger partial charge in [-0.25, -0.2) is 0 Å². The summed E-state index contributed by atoms with van der Waals surface area (Å²) in [6.45, 7) is 3.72. The highest BCUT2D eigenvalue weighted by atomic mass is 15.3. The van der Waals surface area contributed by atoms with Gasteiger partial charge in [-0.3, -0.25) is 4.90 Å². The van der Waals surface area contributed by atoms with Crippen LogP contribution in [0.5, 0.6) is 0 Å². The van der Waals surface area contributed by atoms with E-state index in [0.717, 1.165) is 6.54 Å². The topological polar surface area (TPSA) is 34.0 Å². The van der Waals surface area contributed by atoms with Crippen molar-refractivity contribution in [2.75, 3.05) is 13.1 Å². The van der Waals surface area contributed by atoms with Crippen molar-refractivity contribution in [3.63, 3.8) is 0 Å². The van der Waals surface area contributed by atoms with Crippen molar-refractivity contribution >= 4 is 0 Å². The Morgan fingerprint density at radius 2 is 1.73 bits per heavy atom. The quantitative estimate of drug-likeness (QED) is 0.747. The molecule has 1 aromatic rings. The molecule has 0 atom stereocenters. The molecule has 4 nitrogen and oxygen atoms in total. The molecular weight excluding hydrogens is 188 g/mol. The van der Waals surface area contributed by atoms with Crippen molar-refractivity contribution in [1.82, 2.24) is 19.7 Å². The van der Waals surface area contributed by atoms with Crippen molar-refractivity contribution in [3.05, 3.63) is 12.7 Å². The summed E-state index contributed by atoms with van der Waals surface area (Å²) in [5, 5.41) is 7.70. The summed E-state index contributed by atoms with van der Waals surface area (Å²) >= 11 is 0. The van der Waals surface area contributed by atoms with Gasteiger partial charge in [0.15, 0.2) is 0 Å². The maximum atomic E-state index is 3.85. The highest BCUT2D eigenvalue weighted by Crippen LogP contribution is 2.41. The van der Waals surface area contributed by atoms with Crippen LogP contribution >= 0.6 is 0 Å². The Bertz CT molecular complexity index is 309. The predicted octanol–water partition coefficient (Wildman–Crippen LogP) is 1.30. The first-order chi connectivity index (χ1) is 7.39. The van der Waals surface area contributed by atoms with Crippen LogP contribution < -0.4 is 0 Å². The first kappa shape index (κ1) is 9.33. The van der Waals surface area contributed by atoms with E-state index in [0.29, 0.717) is 5.54 Å². The van der Waals surface area contributed by atoms with Crippen LogP contribution in [-0.2, 0) is 6.54 Å². The largest absolute Gasteiger partial charge is 0.320 e. The van der Waals surface area contributed by atoms with Crippen molar-refractivity contribution in [3.8, 4) is 0 Å². The van der Waals surface area contributed by atoms with Gasteiger partial charge in [0.05, 0.1) is 0 Å². The molecular formula is C11H18N4. The molecule has 3 rings (SSSR count). The summed E-state index contributed by atoms with van der Waals surface area (Å²) in [5.41, 5.74) is 0.532. The third kappa shape index (κ3) is 1.57. The Labute approximate surface area is 90.3 Å². The van der Waals surface area contributed by atoms with Crippen molar-refractivity contribution in [2.24, 2.45) is 0 Å². The SMILES string of the molecule is c1nncn1CCC12CCCN1CCC2. The highest BCUT2D eigenvalue weighted by molar-refractivity contribution is 4.99. The Balaban J connectivity index is 1.66. The first-order valence-electron chi connectivity index (χ1n) is 5.97. The van der Waals surface area contributed by atoms with Gasteiger partial charge >= 0.3 is 0 Å². The van der Waals surface area contributed by atoms with Crippen molar-refractivity contribution in [1.29, 1.82) is 0 Å². The van der Waals surface area contributed by atoms with Gasteiger partial charge in [0.25, 0.3) is 0 Å². The van der Waals surface area contributed by atoms with Crippen LogP contribution in [0.15, 0.2) is 12.7 Å². The molecule has 0 amide bonds. The molecule has 0 N–H and O–H groups in total. The molecule has 0 radical (unpaired) electrons. The molecule has 0 unspecified atom stereocenters. The van der Waals surface area contributed by atoms with Gasteiger partial charge in [0.2, 0.25) is 0 Å². The van der Waals surface area contributed by atoms with Gasteiger partial charge in [0.1, 0.15) is 12.7 Å². The van der Waals surface area contributed by atoms with Gasteiger partial charge in [0, 0.05) is 12.1 Å². The molecule has 82 valence electrons. The zero-order valence-electron chi connectivity index (χ0n) is 9.10. The number of aromatic nitrogens is 3. The van der Waals surface area contributed by atoms with E-state index in [1.54, 1.807) is 0 Å². The number of hydrogen-bond donors (Lipinski definition) is 0. The fourth-order valence-electron chi connectivity index (χ4n) is 3.31. The number of hydrogen-bond acceptors (Lipinski definition) is 3. The zero-order chi connectivity index (χ0) is 10.1. The Morgan fingerprint density at radius 1 is 1.07 bits per heavy atom. The molecule has 0 saturated carbocycles. The smallest absolute Gasteiger partial charge is 0.119 e. The first-order valence-corrected chi connectivity index (χ1v) is 5.97. The van der Waals surface area contributed by atoms with Crippen LogP contribution in [0, 0.1) is 0 Å². The molecule has 3 heterocycles. The second-order valence-corrected chi connectivity index (χ2v) is 4.87. The van der Waals surface area contributed by atoms with Gasteiger partial charge in [-0.1, -0.05) is 0 Å². The van der Waals surface area contributed by atoms with E-state index >= 15 is 0 Å². The molecule has 0 aromatic carbocycles. The van der Waals surface area contributed by atoms with E-state index in [1.165, 1.54) is 45.2 Å². The van der Waals surface area contributed by atoms with Crippen LogP contribution in [0.2, 0.25) is 0 Å². The number of aryl methyl sites for hydroxylation is 1. The fourth-order valence-corrected chi connectivity index (χ4v) is 3.31. The molecule has 0 bridgehead atoms. The van der Waals surface area contributed by atoms with E-state index < -0.39 is 0 Å². The molecule has 2 aliphatic heterocycles. The maximum absolute atomic E-state index is 3.85. The van der Waals surface area contributed by atoms with Crippen LogP contribution in [0.1, 0.15) is 32.1 Å². The predicted molar refractivity (Wildman–Crippen MR) is 57.4 cm³/mol. The number of rotatable bonds is 3. The van der Waals surface area contributed by atoms with Gasteiger partial charge in [-0.15, -0.1) is 10.2 Å². The molecule has 2 aliphatic rings. The summed E-state index contributed by atoms with van der Waals surface area (Å²) in [5.74, 6) is 0. The monoisotopic (exact) mass is 206 g/mol. The van der Waals surface area contributed by atoms with E-state index in [9.17, 15) is 0 Å². The minimum atomic E-state index is 0.532. The lowest BCUT2D eigenvalue weighted by molar-refractivity contribution is 0.174. The van der Waals surface area contributed by atoms with E-state index in [2.05, 4.69) is 19.7 Å². The lowest BCUT2D eigenvalue weighted by atomic mass is 9.90.